The van der Waals surface area contributed by atoms with Gasteiger partial charge < -0.3 is 16.0 Å². The number of nitrogens with two attached hydrogens (primary N) is 1. The van der Waals surface area contributed by atoms with Gasteiger partial charge in [0.05, 0.1) is 6.04 Å². The van der Waals surface area contributed by atoms with Crippen molar-refractivity contribution in [1.29, 1.82) is 0 Å². The number of thiazole rings is 1. The van der Waals surface area contributed by atoms with E-state index >= 15 is 0 Å². The molecule has 0 bridgehead atoms. The molecule has 1 atom stereocenters. The molecule has 1 amide bonds. The molecular weight excluding hydrogens is 291 g/mol. The first-order chi connectivity index (χ1) is 9.88. The van der Waals surface area contributed by atoms with Gasteiger partial charge in [-0.25, -0.2) is 9.37 Å². The molecule has 0 aliphatic rings. The number of benzene rings is 1. The van der Waals surface area contributed by atoms with Gasteiger partial charge in [0.15, 0.2) is 5.13 Å². The van der Waals surface area contributed by atoms with E-state index in [0.717, 1.165) is 0 Å². The zero-order valence-corrected chi connectivity index (χ0v) is 12.9. The predicted molar refractivity (Wildman–Crippen MR) is 83.1 cm³/mol. The van der Waals surface area contributed by atoms with Crippen LogP contribution >= 0.6 is 11.3 Å². The average molecular weight is 308 g/mol. The van der Waals surface area contributed by atoms with Crippen molar-refractivity contribution in [2.24, 2.45) is 0 Å². The monoisotopic (exact) mass is 308 g/mol. The fourth-order valence-corrected chi connectivity index (χ4v) is 2.61. The Hall–Kier alpha value is -2.15. The number of carbonyl (C=O) groups is 1. The predicted octanol–water partition coefficient (Wildman–Crippen LogP) is 2.42. The highest BCUT2D eigenvalue weighted by Crippen LogP contribution is 2.27. The summed E-state index contributed by atoms with van der Waals surface area (Å²) in [4.78, 5) is 18.5. The highest BCUT2D eigenvalue weighted by atomic mass is 32.1. The van der Waals surface area contributed by atoms with Crippen molar-refractivity contribution in [3.8, 4) is 0 Å². The van der Waals surface area contributed by atoms with Crippen molar-refractivity contribution in [2.45, 2.75) is 13.0 Å². The number of nitrogens with zero attached hydrogens (tertiary/aromatic N) is 2. The minimum absolute atomic E-state index is 0.202. The van der Waals surface area contributed by atoms with Gasteiger partial charge in [0, 0.05) is 14.1 Å². The molecule has 7 heteroatoms. The Morgan fingerprint density at radius 2 is 2.19 bits per heavy atom. The molecule has 0 saturated carbocycles. The molecular formula is C14H17FN4OS. The number of rotatable bonds is 4. The zero-order chi connectivity index (χ0) is 15.6. The number of halogens is 1. The third kappa shape index (κ3) is 3.49. The summed E-state index contributed by atoms with van der Waals surface area (Å²) in [5.41, 5.74) is 6.46. The Bertz CT molecular complexity index is 656. The molecule has 0 spiro atoms. The molecule has 3 N–H and O–H groups in total. The van der Waals surface area contributed by atoms with Crippen molar-refractivity contribution in [1.82, 2.24) is 10.3 Å². The molecule has 5 nitrogen and oxygen atoms in total. The topological polar surface area (TPSA) is 71.2 Å². The number of anilines is 2. The lowest BCUT2D eigenvalue weighted by atomic mass is 10.1. The molecule has 1 aromatic heterocycles. The van der Waals surface area contributed by atoms with Crippen molar-refractivity contribution < 1.29 is 9.18 Å². The quantitative estimate of drug-likeness (QED) is 0.910. The molecule has 2 rings (SSSR count). The van der Waals surface area contributed by atoms with Gasteiger partial charge in [-0.15, -0.1) is 0 Å². The Morgan fingerprint density at radius 3 is 2.76 bits per heavy atom. The first-order valence-electron chi connectivity index (χ1n) is 6.38. The fraction of sp³-hybridized carbons (Fsp3) is 0.286. The lowest BCUT2D eigenvalue weighted by molar-refractivity contribution is 0.0944. The molecule has 0 radical (unpaired) electrons. The van der Waals surface area contributed by atoms with Gasteiger partial charge in [-0.3, -0.25) is 4.79 Å². The zero-order valence-electron chi connectivity index (χ0n) is 12.1. The van der Waals surface area contributed by atoms with Gasteiger partial charge in [-0.2, -0.15) is 0 Å². The van der Waals surface area contributed by atoms with Crippen LogP contribution in [0.25, 0.3) is 0 Å². The van der Waals surface area contributed by atoms with Gasteiger partial charge in [0.2, 0.25) is 0 Å². The van der Waals surface area contributed by atoms with Crippen LogP contribution in [-0.2, 0) is 0 Å². The molecule has 0 saturated heterocycles. The van der Waals surface area contributed by atoms with E-state index < -0.39 is 0 Å². The molecule has 2 aromatic rings. The van der Waals surface area contributed by atoms with Gasteiger partial charge in [0.25, 0.3) is 5.91 Å². The molecule has 0 aliphatic heterocycles. The van der Waals surface area contributed by atoms with Gasteiger partial charge >= 0.3 is 0 Å². The Morgan fingerprint density at radius 1 is 1.48 bits per heavy atom. The van der Waals surface area contributed by atoms with E-state index in [1.54, 1.807) is 24.0 Å². The minimum atomic E-state index is -0.333. The SMILES string of the molecule is CC(NC(=O)c1sc(N(C)C)nc1N)c1cccc(F)c1. The minimum Gasteiger partial charge on any atom is -0.382 e. The van der Waals surface area contributed by atoms with Gasteiger partial charge in [-0.1, -0.05) is 23.5 Å². The molecule has 1 aromatic carbocycles. The van der Waals surface area contributed by atoms with E-state index in [1.165, 1.54) is 23.5 Å². The van der Waals surface area contributed by atoms with Crippen LogP contribution in [0.1, 0.15) is 28.2 Å². The molecule has 112 valence electrons. The summed E-state index contributed by atoms with van der Waals surface area (Å²) in [5.74, 6) is -0.441. The summed E-state index contributed by atoms with van der Waals surface area (Å²) >= 11 is 1.22. The molecule has 21 heavy (non-hydrogen) atoms. The number of aromatic nitrogens is 1. The lowest BCUT2D eigenvalue weighted by Gasteiger charge is -2.13. The van der Waals surface area contributed by atoms with Gasteiger partial charge in [0.1, 0.15) is 16.5 Å². The highest BCUT2D eigenvalue weighted by molar-refractivity contribution is 7.18. The van der Waals surface area contributed by atoms with E-state index in [9.17, 15) is 9.18 Å². The second-order valence-electron chi connectivity index (χ2n) is 4.86. The standard InChI is InChI=1S/C14H17FN4OS/c1-8(9-5-4-6-10(15)7-9)17-13(20)11-12(16)18-14(21-11)19(2)3/h4-8H,16H2,1-3H3,(H,17,20). The smallest absolute Gasteiger partial charge is 0.265 e. The number of hydrogen-bond acceptors (Lipinski definition) is 5. The van der Waals surface area contributed by atoms with Crippen LogP contribution < -0.4 is 16.0 Å². The van der Waals surface area contributed by atoms with Crippen LogP contribution in [0.5, 0.6) is 0 Å². The van der Waals surface area contributed by atoms with Crippen molar-refractivity contribution in [3.05, 3.63) is 40.5 Å². The summed E-state index contributed by atoms with van der Waals surface area (Å²) in [6.07, 6.45) is 0. The van der Waals surface area contributed by atoms with Crippen LogP contribution in [0.4, 0.5) is 15.3 Å². The summed E-state index contributed by atoms with van der Waals surface area (Å²) in [6, 6.07) is 5.81. The van der Waals surface area contributed by atoms with Crippen LogP contribution in [0.15, 0.2) is 24.3 Å². The molecule has 1 unspecified atom stereocenters. The second-order valence-corrected chi connectivity index (χ2v) is 5.83. The van der Waals surface area contributed by atoms with Crippen LogP contribution in [0.3, 0.4) is 0 Å². The molecule has 1 heterocycles. The largest absolute Gasteiger partial charge is 0.382 e. The Kier molecular flexibility index (Phi) is 4.42. The Labute approximate surface area is 126 Å². The third-order valence-corrected chi connectivity index (χ3v) is 4.16. The number of nitrogens with one attached hydrogen (secondary N) is 1. The number of hydrogen-bond donors (Lipinski definition) is 2. The first kappa shape index (κ1) is 15.2. The summed E-state index contributed by atoms with van der Waals surface area (Å²) < 4.78 is 13.2. The number of nitrogen functional groups attached to an aromatic ring is 1. The molecule has 0 aliphatic carbocycles. The number of amides is 1. The normalized spacial score (nSPS) is 12.0. The van der Waals surface area contributed by atoms with Crippen molar-refractivity contribution in [2.75, 3.05) is 24.7 Å². The fourth-order valence-electron chi connectivity index (χ4n) is 1.80. The third-order valence-electron chi connectivity index (χ3n) is 2.93. The van der Waals surface area contributed by atoms with Crippen LogP contribution in [-0.4, -0.2) is 25.0 Å². The van der Waals surface area contributed by atoms with Crippen molar-refractivity contribution >= 4 is 28.2 Å². The van der Waals surface area contributed by atoms with E-state index in [0.29, 0.717) is 15.6 Å². The number of carbonyl (C=O) groups excluding carboxylic acids is 1. The summed E-state index contributed by atoms with van der Waals surface area (Å²) in [7, 11) is 3.66. The van der Waals surface area contributed by atoms with Gasteiger partial charge in [-0.05, 0) is 24.6 Å². The Balaban J connectivity index is 2.14. The van der Waals surface area contributed by atoms with E-state index in [2.05, 4.69) is 10.3 Å². The first-order valence-corrected chi connectivity index (χ1v) is 7.20. The van der Waals surface area contributed by atoms with Crippen molar-refractivity contribution in [3.63, 3.8) is 0 Å². The maximum absolute atomic E-state index is 13.2. The maximum Gasteiger partial charge on any atom is 0.265 e. The molecule has 0 fully saturated rings. The summed E-state index contributed by atoms with van der Waals surface area (Å²) in [6.45, 7) is 1.79. The lowest BCUT2D eigenvalue weighted by Crippen LogP contribution is -2.26. The highest BCUT2D eigenvalue weighted by Gasteiger charge is 2.19. The van der Waals surface area contributed by atoms with E-state index in [4.69, 9.17) is 5.73 Å². The summed E-state index contributed by atoms with van der Waals surface area (Å²) in [5, 5.41) is 3.46. The van der Waals surface area contributed by atoms with E-state index in [-0.39, 0.29) is 23.6 Å². The average Bonchev–Trinajstić information content (AvgIpc) is 2.81. The second kappa shape index (κ2) is 6.09. The maximum atomic E-state index is 13.2. The van der Waals surface area contributed by atoms with E-state index in [1.807, 2.05) is 14.1 Å². The van der Waals surface area contributed by atoms with Crippen LogP contribution in [0, 0.1) is 5.82 Å². The van der Waals surface area contributed by atoms with Crippen LogP contribution in [0.2, 0.25) is 0 Å².